The molecule has 0 spiro atoms. The summed E-state index contributed by atoms with van der Waals surface area (Å²) in [7, 11) is 0. The third-order valence-electron chi connectivity index (χ3n) is 2.98. The molecule has 1 rings (SSSR count). The first-order valence-corrected chi connectivity index (χ1v) is 4.93. The van der Waals surface area contributed by atoms with Crippen LogP contribution in [0.1, 0.15) is 39.0 Å². The molecule has 13 heavy (non-hydrogen) atoms. The fourth-order valence-corrected chi connectivity index (χ4v) is 2.04. The van der Waals surface area contributed by atoms with E-state index in [2.05, 4.69) is 0 Å². The van der Waals surface area contributed by atoms with Gasteiger partial charge in [-0.3, -0.25) is 0 Å². The summed E-state index contributed by atoms with van der Waals surface area (Å²) in [5.74, 6) is 0. The van der Waals surface area contributed by atoms with Gasteiger partial charge in [-0.15, -0.1) is 4.65 Å². The van der Waals surface area contributed by atoms with Crippen LogP contribution in [0.5, 0.6) is 0 Å². The molecule has 1 aliphatic rings. The van der Waals surface area contributed by atoms with E-state index in [1.807, 2.05) is 0 Å². The molecule has 4 heteroatoms. The minimum absolute atomic E-state index is 0.163. The second-order valence-corrected chi connectivity index (χ2v) is 3.70. The van der Waals surface area contributed by atoms with Gasteiger partial charge in [0.1, 0.15) is 12.6 Å². The molecule has 0 aromatic heterocycles. The molecule has 0 bridgehead atoms. The maximum Gasteiger partial charge on any atom is 0.292 e. The quantitative estimate of drug-likeness (QED) is 0.396. The van der Waals surface area contributed by atoms with Gasteiger partial charge in [0.25, 0.3) is 6.09 Å². The van der Waals surface area contributed by atoms with Crippen LogP contribution < -0.4 is 5.11 Å². The van der Waals surface area contributed by atoms with Crippen LogP contribution in [0.25, 0.3) is 0 Å². The molecule has 0 heterocycles. The van der Waals surface area contributed by atoms with Crippen LogP contribution in [0.3, 0.4) is 0 Å². The van der Waals surface area contributed by atoms with Gasteiger partial charge < -0.3 is 9.90 Å². The summed E-state index contributed by atoms with van der Waals surface area (Å²) >= 11 is 0. The van der Waals surface area contributed by atoms with Crippen LogP contribution in [0.2, 0.25) is 0 Å². The van der Waals surface area contributed by atoms with Gasteiger partial charge >= 0.3 is 0 Å². The van der Waals surface area contributed by atoms with Crippen LogP contribution in [0.4, 0.5) is 4.79 Å². The number of nitrogens with zero attached hydrogens (tertiary/aromatic N) is 1. The first-order chi connectivity index (χ1) is 6.11. The topological polar surface area (TPSA) is 60.4 Å². The highest BCUT2D eigenvalue weighted by molar-refractivity contribution is 5.53. The molecule has 1 amide bonds. The van der Waals surface area contributed by atoms with Crippen LogP contribution in [-0.4, -0.2) is 28.5 Å². The lowest BCUT2D eigenvalue weighted by Crippen LogP contribution is -2.62. The number of hydroxylamine groups is 3. The average Bonchev–Trinajstić information content (AvgIpc) is 2.17. The van der Waals surface area contributed by atoms with Crippen LogP contribution in [0, 0.1) is 0 Å². The number of hydrogen-bond acceptors (Lipinski definition) is 3. The number of hydrogen-bond donors (Lipinski definition) is 1. The molecule has 76 valence electrons. The number of carbonyl (C=O) groups is 1. The Hall–Kier alpha value is -0.610. The van der Waals surface area contributed by atoms with Gasteiger partial charge in [-0.25, -0.2) is 5.21 Å². The van der Waals surface area contributed by atoms with Crippen molar-refractivity contribution in [2.24, 2.45) is 0 Å². The van der Waals surface area contributed by atoms with E-state index in [1.54, 1.807) is 6.92 Å². The van der Waals surface area contributed by atoms with E-state index < -0.39 is 10.7 Å². The van der Waals surface area contributed by atoms with E-state index in [0.29, 0.717) is 0 Å². The maximum absolute atomic E-state index is 10.8. The normalized spacial score (nSPS) is 23.8. The van der Waals surface area contributed by atoms with Gasteiger partial charge in [0, 0.05) is 12.8 Å². The SMILES string of the molecule is CC[N+](O)(C(=O)[O-])C1CCCCC1. The van der Waals surface area contributed by atoms with Crippen molar-refractivity contribution < 1.29 is 19.8 Å². The molecular weight excluding hydrogens is 170 g/mol. The summed E-state index contributed by atoms with van der Waals surface area (Å²) in [6.07, 6.45) is 3.38. The zero-order valence-electron chi connectivity index (χ0n) is 8.03. The van der Waals surface area contributed by atoms with E-state index >= 15 is 0 Å². The minimum atomic E-state index is -1.37. The highest BCUT2D eigenvalue weighted by Crippen LogP contribution is 2.26. The summed E-state index contributed by atoms with van der Waals surface area (Å²) in [5, 5.41) is 20.6. The van der Waals surface area contributed by atoms with Crippen LogP contribution >= 0.6 is 0 Å². The summed E-state index contributed by atoms with van der Waals surface area (Å²) in [4.78, 5) is 10.8. The zero-order chi connectivity index (χ0) is 9.90. The second-order valence-electron chi connectivity index (χ2n) is 3.70. The Balaban J connectivity index is 2.68. The third kappa shape index (κ3) is 2.00. The molecule has 1 unspecified atom stereocenters. The molecular formula is C9H17NO3. The third-order valence-corrected chi connectivity index (χ3v) is 2.98. The average molecular weight is 187 g/mol. The van der Waals surface area contributed by atoms with E-state index in [9.17, 15) is 15.1 Å². The highest BCUT2D eigenvalue weighted by Gasteiger charge is 2.37. The van der Waals surface area contributed by atoms with E-state index in [0.717, 1.165) is 32.1 Å². The van der Waals surface area contributed by atoms with Crippen molar-refractivity contribution in [2.75, 3.05) is 6.54 Å². The summed E-state index contributed by atoms with van der Waals surface area (Å²) in [6, 6.07) is -0.163. The molecule has 0 aliphatic heterocycles. The second kappa shape index (κ2) is 4.07. The predicted molar refractivity (Wildman–Crippen MR) is 44.9 cm³/mol. The Labute approximate surface area is 78.3 Å². The number of carbonyl (C=O) groups excluding carboxylic acids is 1. The summed E-state index contributed by atoms with van der Waals surface area (Å²) in [5.41, 5.74) is 0. The highest BCUT2D eigenvalue weighted by atomic mass is 16.6. The van der Waals surface area contributed by atoms with E-state index in [-0.39, 0.29) is 12.6 Å². The molecule has 0 aromatic rings. The first kappa shape index (κ1) is 10.5. The van der Waals surface area contributed by atoms with Gasteiger partial charge in [0.15, 0.2) is 0 Å². The van der Waals surface area contributed by atoms with Crippen LogP contribution in [-0.2, 0) is 0 Å². The fraction of sp³-hybridized carbons (Fsp3) is 0.889. The molecule has 1 N–H and O–H groups in total. The molecule has 0 saturated heterocycles. The molecule has 1 atom stereocenters. The Morgan fingerprint density at radius 1 is 1.46 bits per heavy atom. The fourth-order valence-electron chi connectivity index (χ4n) is 2.04. The molecule has 1 fully saturated rings. The molecule has 1 aliphatic carbocycles. The first-order valence-electron chi connectivity index (χ1n) is 4.93. The number of quaternary nitrogens is 1. The Kier molecular flexibility index (Phi) is 3.27. The number of carboxylic acid groups (broad SMARTS) is 1. The smallest absolute Gasteiger partial charge is 0.292 e. The van der Waals surface area contributed by atoms with Gasteiger partial charge in [-0.2, -0.15) is 0 Å². The Morgan fingerprint density at radius 3 is 2.38 bits per heavy atom. The summed E-state index contributed by atoms with van der Waals surface area (Å²) in [6.45, 7) is 1.86. The largest absolute Gasteiger partial charge is 0.496 e. The van der Waals surface area contributed by atoms with Gasteiger partial charge in [-0.1, -0.05) is 6.42 Å². The molecule has 0 radical (unpaired) electrons. The van der Waals surface area contributed by atoms with Crippen molar-refractivity contribution in [1.29, 1.82) is 0 Å². The predicted octanol–water partition coefficient (Wildman–Crippen LogP) is 0.888. The number of amides is 1. The van der Waals surface area contributed by atoms with Gasteiger partial charge in [0.2, 0.25) is 0 Å². The van der Waals surface area contributed by atoms with Crippen molar-refractivity contribution >= 4 is 6.09 Å². The monoisotopic (exact) mass is 187 g/mol. The minimum Gasteiger partial charge on any atom is -0.496 e. The van der Waals surface area contributed by atoms with E-state index in [1.165, 1.54) is 0 Å². The van der Waals surface area contributed by atoms with E-state index in [4.69, 9.17) is 0 Å². The lowest BCUT2D eigenvalue weighted by molar-refractivity contribution is -1.07. The van der Waals surface area contributed by atoms with Crippen molar-refractivity contribution in [1.82, 2.24) is 0 Å². The van der Waals surface area contributed by atoms with Gasteiger partial charge in [-0.05, 0) is 19.8 Å². The standard InChI is InChI=1S/C9H17NO3/c1-2-10(13,9(11)12)8-6-4-3-5-7-8/h8,13H,2-7H2,1H3. The molecule has 4 nitrogen and oxygen atoms in total. The summed E-state index contributed by atoms with van der Waals surface area (Å²) < 4.78 is -0.903. The van der Waals surface area contributed by atoms with Crippen molar-refractivity contribution in [3.63, 3.8) is 0 Å². The van der Waals surface area contributed by atoms with Gasteiger partial charge in [0.05, 0.1) is 0 Å². The Morgan fingerprint density at radius 2 is 2.00 bits per heavy atom. The number of rotatable bonds is 2. The Bertz CT molecular complexity index is 189. The lowest BCUT2D eigenvalue weighted by Gasteiger charge is -2.37. The maximum atomic E-state index is 10.8. The van der Waals surface area contributed by atoms with Crippen molar-refractivity contribution in [3.8, 4) is 0 Å². The lowest BCUT2D eigenvalue weighted by atomic mass is 9.94. The van der Waals surface area contributed by atoms with Crippen molar-refractivity contribution in [3.05, 3.63) is 0 Å². The zero-order valence-corrected chi connectivity index (χ0v) is 8.03. The molecule has 0 aromatic carbocycles. The molecule has 1 saturated carbocycles. The van der Waals surface area contributed by atoms with Crippen molar-refractivity contribution in [2.45, 2.75) is 45.1 Å². The van der Waals surface area contributed by atoms with Crippen LogP contribution in [0.15, 0.2) is 0 Å².